The van der Waals surface area contributed by atoms with Crippen LogP contribution in [0, 0.1) is 0 Å². The van der Waals surface area contributed by atoms with Crippen LogP contribution in [0.15, 0.2) is 42.5 Å². The third-order valence-electron chi connectivity index (χ3n) is 5.37. The number of aliphatic hydroxyl groups excluding tert-OH is 1. The highest BCUT2D eigenvalue weighted by Gasteiger charge is 2.42. The van der Waals surface area contributed by atoms with Crippen LogP contribution in [0.1, 0.15) is 18.4 Å². The van der Waals surface area contributed by atoms with Crippen LogP contribution in [0.4, 0.5) is 0 Å². The van der Waals surface area contributed by atoms with E-state index in [1.165, 1.54) is 5.56 Å². The lowest BCUT2D eigenvalue weighted by molar-refractivity contribution is -0.00195. The molecule has 0 radical (unpaired) electrons. The molecule has 1 fully saturated rings. The van der Waals surface area contributed by atoms with Gasteiger partial charge in [0.05, 0.1) is 5.02 Å². The minimum Gasteiger partial charge on any atom is -0.489 e. The molecule has 2 aromatic rings. The maximum Gasteiger partial charge on any atom is 0.138 e. The Balaban J connectivity index is 1.26. The molecule has 4 rings (SSSR count). The molecule has 4 nitrogen and oxygen atoms in total. The van der Waals surface area contributed by atoms with Gasteiger partial charge in [0.1, 0.15) is 29.8 Å². The molecule has 2 aliphatic heterocycles. The van der Waals surface area contributed by atoms with Crippen LogP contribution in [0.5, 0.6) is 11.5 Å². The number of piperidine rings is 1. The van der Waals surface area contributed by atoms with Gasteiger partial charge in [-0.15, -0.1) is 0 Å². The van der Waals surface area contributed by atoms with Crippen molar-refractivity contribution in [2.45, 2.75) is 31.0 Å². The van der Waals surface area contributed by atoms with Gasteiger partial charge in [0, 0.05) is 43.9 Å². The summed E-state index contributed by atoms with van der Waals surface area (Å²) >= 11 is 12.2. The monoisotopic (exact) mass is 407 g/mol. The molecule has 0 aromatic heterocycles. The Morgan fingerprint density at radius 2 is 1.93 bits per heavy atom. The molecule has 6 heteroatoms. The predicted octanol–water partition coefficient (Wildman–Crippen LogP) is 4.20. The molecule has 2 aliphatic rings. The number of fused-ring (bicyclic) bond motifs is 1. The van der Waals surface area contributed by atoms with E-state index in [1.807, 2.05) is 30.3 Å². The van der Waals surface area contributed by atoms with E-state index >= 15 is 0 Å². The van der Waals surface area contributed by atoms with E-state index in [-0.39, 0.29) is 12.2 Å². The van der Waals surface area contributed by atoms with Gasteiger partial charge in [-0.05, 0) is 35.9 Å². The Morgan fingerprint density at radius 1 is 1.15 bits per heavy atom. The molecular weight excluding hydrogens is 385 g/mol. The molecule has 0 saturated carbocycles. The fourth-order valence-corrected chi connectivity index (χ4v) is 4.31. The average Bonchev–Trinajstić information content (AvgIpc) is 3.00. The number of hydrogen-bond donors (Lipinski definition) is 1. The van der Waals surface area contributed by atoms with Gasteiger partial charge in [0.25, 0.3) is 0 Å². The van der Waals surface area contributed by atoms with Crippen molar-refractivity contribution in [2.24, 2.45) is 0 Å². The zero-order valence-electron chi connectivity index (χ0n) is 15.0. The number of nitrogens with zero attached hydrogens (tertiary/aromatic N) is 1. The number of aliphatic hydroxyl groups is 1. The summed E-state index contributed by atoms with van der Waals surface area (Å²) < 4.78 is 11.9. The van der Waals surface area contributed by atoms with Gasteiger partial charge in [-0.1, -0.05) is 35.3 Å². The highest BCUT2D eigenvalue weighted by Crippen LogP contribution is 2.41. The number of ether oxygens (including phenoxy) is 2. The van der Waals surface area contributed by atoms with Gasteiger partial charge >= 0.3 is 0 Å². The molecule has 2 aromatic carbocycles. The second-order valence-electron chi connectivity index (χ2n) is 7.41. The highest BCUT2D eigenvalue weighted by molar-refractivity contribution is 6.32. The van der Waals surface area contributed by atoms with E-state index in [0.29, 0.717) is 17.3 Å². The minimum atomic E-state index is -0.559. The van der Waals surface area contributed by atoms with Gasteiger partial charge in [0.2, 0.25) is 0 Å². The van der Waals surface area contributed by atoms with Gasteiger partial charge in [0.15, 0.2) is 0 Å². The number of hydrogen-bond acceptors (Lipinski definition) is 4. The first-order chi connectivity index (χ1) is 13.0. The molecule has 2 heterocycles. The summed E-state index contributed by atoms with van der Waals surface area (Å²) in [6.45, 7) is 2.60. The number of para-hydroxylation sites is 1. The second-order valence-corrected chi connectivity index (χ2v) is 8.25. The fourth-order valence-electron chi connectivity index (χ4n) is 3.92. The van der Waals surface area contributed by atoms with Gasteiger partial charge < -0.3 is 19.5 Å². The lowest BCUT2D eigenvalue weighted by atomic mass is 9.87. The molecule has 0 unspecified atom stereocenters. The van der Waals surface area contributed by atoms with Crippen molar-refractivity contribution in [3.05, 3.63) is 58.1 Å². The summed E-state index contributed by atoms with van der Waals surface area (Å²) in [7, 11) is 0. The molecule has 144 valence electrons. The molecule has 1 spiro atoms. The van der Waals surface area contributed by atoms with Crippen molar-refractivity contribution in [1.29, 1.82) is 0 Å². The van der Waals surface area contributed by atoms with Gasteiger partial charge in [-0.25, -0.2) is 0 Å². The summed E-state index contributed by atoms with van der Waals surface area (Å²) in [5.74, 6) is 1.56. The van der Waals surface area contributed by atoms with Crippen LogP contribution >= 0.6 is 23.2 Å². The standard InChI is InChI=1S/C21H23Cl2NO3/c22-16-5-6-19-15(11-16)12-21(27-19)7-9-24(10-8-21)13-17(25)14-26-20-4-2-1-3-18(20)23/h1-6,11,17,25H,7-10,12-14H2/t17-/m0/s1. The van der Waals surface area contributed by atoms with E-state index in [2.05, 4.69) is 4.90 Å². The van der Waals surface area contributed by atoms with Crippen molar-refractivity contribution >= 4 is 23.2 Å². The summed E-state index contributed by atoms with van der Waals surface area (Å²) in [6, 6.07) is 13.2. The fraction of sp³-hybridized carbons (Fsp3) is 0.429. The zero-order valence-corrected chi connectivity index (χ0v) is 16.5. The zero-order chi connectivity index (χ0) is 18.9. The molecule has 0 aliphatic carbocycles. The highest BCUT2D eigenvalue weighted by atomic mass is 35.5. The lowest BCUT2D eigenvalue weighted by Gasteiger charge is -2.39. The number of likely N-dealkylation sites (tertiary alicyclic amines) is 1. The Hall–Kier alpha value is -1.46. The maximum atomic E-state index is 10.3. The third-order valence-corrected chi connectivity index (χ3v) is 5.91. The van der Waals surface area contributed by atoms with E-state index in [1.54, 1.807) is 12.1 Å². The smallest absolute Gasteiger partial charge is 0.138 e. The molecular formula is C21H23Cl2NO3. The Morgan fingerprint density at radius 3 is 2.70 bits per heavy atom. The average molecular weight is 408 g/mol. The van der Waals surface area contributed by atoms with E-state index < -0.39 is 6.10 Å². The number of rotatable bonds is 5. The first kappa shape index (κ1) is 18.9. The molecule has 1 atom stereocenters. The number of benzene rings is 2. The van der Waals surface area contributed by atoms with Crippen LogP contribution in [0.25, 0.3) is 0 Å². The van der Waals surface area contributed by atoms with Crippen molar-refractivity contribution < 1.29 is 14.6 Å². The largest absolute Gasteiger partial charge is 0.489 e. The van der Waals surface area contributed by atoms with E-state index in [4.69, 9.17) is 32.7 Å². The van der Waals surface area contributed by atoms with Gasteiger partial charge in [-0.3, -0.25) is 0 Å². The molecule has 0 bridgehead atoms. The summed E-state index contributed by atoms with van der Waals surface area (Å²) in [5.41, 5.74) is 1.08. The Bertz CT molecular complexity index is 806. The summed E-state index contributed by atoms with van der Waals surface area (Å²) in [5, 5.41) is 11.6. The van der Waals surface area contributed by atoms with Crippen molar-refractivity contribution in [1.82, 2.24) is 4.90 Å². The predicted molar refractivity (Wildman–Crippen MR) is 107 cm³/mol. The van der Waals surface area contributed by atoms with Crippen LogP contribution in [-0.4, -0.2) is 48.0 Å². The van der Waals surface area contributed by atoms with E-state index in [0.717, 1.165) is 43.1 Å². The summed E-state index contributed by atoms with van der Waals surface area (Å²) in [6.07, 6.45) is 2.24. The SMILES string of the molecule is O[C@H](COc1ccccc1Cl)CN1CCC2(CC1)Cc1cc(Cl)ccc1O2. The summed E-state index contributed by atoms with van der Waals surface area (Å²) in [4.78, 5) is 2.27. The van der Waals surface area contributed by atoms with Crippen molar-refractivity contribution in [3.63, 3.8) is 0 Å². The van der Waals surface area contributed by atoms with Crippen LogP contribution in [0.2, 0.25) is 10.0 Å². The van der Waals surface area contributed by atoms with Crippen LogP contribution in [0.3, 0.4) is 0 Å². The topological polar surface area (TPSA) is 41.9 Å². The maximum absolute atomic E-state index is 10.3. The third kappa shape index (κ3) is 4.35. The van der Waals surface area contributed by atoms with Crippen LogP contribution in [-0.2, 0) is 6.42 Å². The lowest BCUT2D eigenvalue weighted by Crippen LogP contribution is -2.49. The second kappa shape index (κ2) is 7.88. The van der Waals surface area contributed by atoms with Crippen LogP contribution < -0.4 is 9.47 Å². The molecule has 1 saturated heterocycles. The normalized spacial score (nSPS) is 19.5. The first-order valence-corrected chi connectivity index (χ1v) is 10.0. The number of halogens is 2. The minimum absolute atomic E-state index is 0.122. The molecule has 27 heavy (non-hydrogen) atoms. The first-order valence-electron chi connectivity index (χ1n) is 9.28. The number of β-amino-alcohol motifs (C(OH)–C–C–N with tert-alkyl or cyclic N) is 1. The van der Waals surface area contributed by atoms with E-state index in [9.17, 15) is 5.11 Å². The van der Waals surface area contributed by atoms with Gasteiger partial charge in [-0.2, -0.15) is 0 Å². The molecule has 0 amide bonds. The van der Waals surface area contributed by atoms with Crippen molar-refractivity contribution in [3.8, 4) is 11.5 Å². The van der Waals surface area contributed by atoms with Crippen molar-refractivity contribution in [2.75, 3.05) is 26.2 Å². The Kier molecular flexibility index (Phi) is 5.51. The molecule has 1 N–H and O–H groups in total. The quantitative estimate of drug-likeness (QED) is 0.805. The Labute approximate surface area is 169 Å².